The number of carbonyl (C=O) groups is 3. The lowest BCUT2D eigenvalue weighted by Crippen LogP contribution is -2.52. The van der Waals surface area contributed by atoms with E-state index in [1.54, 1.807) is 11.1 Å². The molecule has 1 aromatic carbocycles. The molecule has 0 bridgehead atoms. The van der Waals surface area contributed by atoms with Gasteiger partial charge in [0.15, 0.2) is 0 Å². The van der Waals surface area contributed by atoms with E-state index >= 15 is 0 Å². The monoisotopic (exact) mass is 481 g/mol. The first-order valence-corrected chi connectivity index (χ1v) is 12.1. The SMILES string of the molecule is CC(C)c1ccc([C@@H](NC(=O)[C@@H]2C[C@@H](F)CN2C(=O)CNC(=O)N2CCC2)c2ccccc2)nc1. The molecule has 2 N–H and O–H groups in total. The van der Waals surface area contributed by atoms with Crippen LogP contribution in [0.1, 0.15) is 55.5 Å². The van der Waals surface area contributed by atoms with Crippen molar-refractivity contribution in [1.82, 2.24) is 25.4 Å². The van der Waals surface area contributed by atoms with Gasteiger partial charge in [-0.15, -0.1) is 0 Å². The standard InChI is InChI=1S/C26H32FN5O3/c1-17(2)19-9-10-21(28-14-19)24(18-7-4-3-5-8-18)30-25(34)22-13-20(27)16-32(22)23(33)15-29-26(35)31-11-6-12-31/h3-5,7-10,14,17,20,22,24H,6,11-13,15-16H2,1-2H3,(H,29,35)(H,30,34)/t20-,22+,24+/m1/s1. The lowest BCUT2D eigenvalue weighted by atomic mass is 10.00. The number of halogens is 1. The van der Waals surface area contributed by atoms with E-state index in [0.717, 1.165) is 17.5 Å². The van der Waals surface area contributed by atoms with Crippen molar-refractivity contribution in [2.75, 3.05) is 26.2 Å². The largest absolute Gasteiger partial charge is 0.342 e. The van der Waals surface area contributed by atoms with E-state index in [0.29, 0.717) is 24.7 Å². The van der Waals surface area contributed by atoms with Crippen molar-refractivity contribution in [3.8, 4) is 0 Å². The molecule has 35 heavy (non-hydrogen) atoms. The summed E-state index contributed by atoms with van der Waals surface area (Å²) in [5, 5.41) is 5.56. The molecule has 4 amide bonds. The second-order valence-electron chi connectivity index (χ2n) is 9.42. The molecule has 4 rings (SSSR count). The molecule has 2 aliphatic rings. The minimum atomic E-state index is -1.31. The maximum absolute atomic E-state index is 14.4. The van der Waals surface area contributed by atoms with Crippen LogP contribution < -0.4 is 10.6 Å². The van der Waals surface area contributed by atoms with Crippen LogP contribution in [-0.4, -0.2) is 71.0 Å². The van der Waals surface area contributed by atoms with E-state index in [1.807, 2.05) is 42.5 Å². The van der Waals surface area contributed by atoms with Crippen LogP contribution in [0.15, 0.2) is 48.7 Å². The van der Waals surface area contributed by atoms with E-state index in [4.69, 9.17) is 0 Å². The first kappa shape index (κ1) is 24.6. The fourth-order valence-corrected chi connectivity index (χ4v) is 4.33. The molecule has 1 aromatic heterocycles. The van der Waals surface area contributed by atoms with Gasteiger partial charge in [0.1, 0.15) is 12.2 Å². The molecule has 0 spiro atoms. The fourth-order valence-electron chi connectivity index (χ4n) is 4.33. The van der Waals surface area contributed by atoms with E-state index in [-0.39, 0.29) is 25.5 Å². The number of aromatic nitrogens is 1. The number of hydrogen-bond acceptors (Lipinski definition) is 4. The Bertz CT molecular complexity index is 1040. The predicted molar refractivity (Wildman–Crippen MR) is 129 cm³/mol. The Balaban J connectivity index is 1.48. The van der Waals surface area contributed by atoms with Crippen LogP contribution in [0.4, 0.5) is 9.18 Å². The van der Waals surface area contributed by atoms with Crippen LogP contribution in [0, 0.1) is 0 Å². The number of urea groups is 1. The van der Waals surface area contributed by atoms with E-state index < -0.39 is 30.1 Å². The molecule has 0 radical (unpaired) electrons. The third-order valence-corrected chi connectivity index (χ3v) is 6.60. The van der Waals surface area contributed by atoms with Crippen molar-refractivity contribution in [3.05, 3.63) is 65.5 Å². The van der Waals surface area contributed by atoms with Gasteiger partial charge in [-0.05, 0) is 29.5 Å². The van der Waals surface area contributed by atoms with Gasteiger partial charge in [-0.2, -0.15) is 0 Å². The van der Waals surface area contributed by atoms with Crippen LogP contribution in [0.25, 0.3) is 0 Å². The molecule has 3 atom stereocenters. The predicted octanol–water partition coefficient (Wildman–Crippen LogP) is 2.76. The Morgan fingerprint density at radius 3 is 2.43 bits per heavy atom. The minimum Gasteiger partial charge on any atom is -0.342 e. The summed E-state index contributed by atoms with van der Waals surface area (Å²) in [5.74, 6) is -0.603. The van der Waals surface area contributed by atoms with Crippen molar-refractivity contribution in [2.24, 2.45) is 0 Å². The van der Waals surface area contributed by atoms with Gasteiger partial charge in [0, 0.05) is 25.7 Å². The third kappa shape index (κ3) is 5.78. The molecule has 2 aromatic rings. The van der Waals surface area contributed by atoms with Crippen molar-refractivity contribution < 1.29 is 18.8 Å². The number of nitrogens with one attached hydrogen (secondary N) is 2. The fraction of sp³-hybridized carbons (Fsp3) is 0.462. The van der Waals surface area contributed by atoms with Gasteiger partial charge in [0.05, 0.1) is 24.8 Å². The smallest absolute Gasteiger partial charge is 0.317 e. The van der Waals surface area contributed by atoms with Gasteiger partial charge >= 0.3 is 6.03 Å². The van der Waals surface area contributed by atoms with Crippen molar-refractivity contribution in [2.45, 2.75) is 50.9 Å². The van der Waals surface area contributed by atoms with Crippen LogP contribution in [0.5, 0.6) is 0 Å². The molecular formula is C26H32FN5O3. The summed E-state index contributed by atoms with van der Waals surface area (Å²) in [5.41, 5.74) is 2.57. The van der Waals surface area contributed by atoms with Crippen LogP contribution >= 0.6 is 0 Å². The highest BCUT2D eigenvalue weighted by Gasteiger charge is 2.40. The van der Waals surface area contributed by atoms with Gasteiger partial charge in [-0.1, -0.05) is 50.2 Å². The zero-order valence-electron chi connectivity index (χ0n) is 20.1. The summed E-state index contributed by atoms with van der Waals surface area (Å²) in [6.07, 6.45) is 1.35. The Kier molecular flexibility index (Phi) is 7.63. The quantitative estimate of drug-likeness (QED) is 0.636. The van der Waals surface area contributed by atoms with Crippen LogP contribution in [0.2, 0.25) is 0 Å². The van der Waals surface area contributed by atoms with Gasteiger partial charge in [-0.3, -0.25) is 14.6 Å². The molecule has 186 valence electrons. The van der Waals surface area contributed by atoms with E-state index in [9.17, 15) is 18.8 Å². The summed E-state index contributed by atoms with van der Waals surface area (Å²) >= 11 is 0. The van der Waals surface area contributed by atoms with E-state index in [1.165, 1.54) is 4.90 Å². The molecule has 2 aliphatic heterocycles. The summed E-state index contributed by atoms with van der Waals surface area (Å²) in [6, 6.07) is 11.5. The maximum Gasteiger partial charge on any atom is 0.317 e. The number of amides is 4. The second kappa shape index (κ2) is 10.8. The lowest BCUT2D eigenvalue weighted by Gasteiger charge is -2.31. The normalized spacial score (nSPS) is 20.3. The topological polar surface area (TPSA) is 94.6 Å². The molecular weight excluding hydrogens is 449 g/mol. The number of hydrogen-bond donors (Lipinski definition) is 2. The highest BCUT2D eigenvalue weighted by molar-refractivity contribution is 5.91. The Hall–Kier alpha value is -3.49. The molecule has 0 unspecified atom stereocenters. The van der Waals surface area contributed by atoms with Crippen LogP contribution in [-0.2, 0) is 9.59 Å². The Morgan fingerprint density at radius 1 is 1.09 bits per heavy atom. The first-order chi connectivity index (χ1) is 16.8. The number of alkyl halides is 1. The minimum absolute atomic E-state index is 0.0845. The molecule has 0 aliphatic carbocycles. The number of nitrogens with zero attached hydrogens (tertiary/aromatic N) is 3. The van der Waals surface area contributed by atoms with Crippen LogP contribution in [0.3, 0.4) is 0 Å². The summed E-state index contributed by atoms with van der Waals surface area (Å²) in [7, 11) is 0. The van der Waals surface area contributed by atoms with Gasteiger partial charge < -0.3 is 20.4 Å². The number of likely N-dealkylation sites (tertiary alicyclic amines) is 2. The molecule has 8 nitrogen and oxygen atoms in total. The molecule has 9 heteroatoms. The first-order valence-electron chi connectivity index (χ1n) is 12.1. The summed E-state index contributed by atoms with van der Waals surface area (Å²) in [4.78, 5) is 45.6. The summed E-state index contributed by atoms with van der Waals surface area (Å²) in [6.45, 7) is 5.04. The van der Waals surface area contributed by atoms with Gasteiger partial charge in [0.25, 0.3) is 0 Å². The average Bonchev–Trinajstić information content (AvgIpc) is 3.22. The average molecular weight is 482 g/mol. The molecule has 3 heterocycles. The third-order valence-electron chi connectivity index (χ3n) is 6.60. The lowest BCUT2D eigenvalue weighted by molar-refractivity contribution is -0.137. The second-order valence-corrected chi connectivity index (χ2v) is 9.42. The highest BCUT2D eigenvalue weighted by atomic mass is 19.1. The van der Waals surface area contributed by atoms with Crippen molar-refractivity contribution >= 4 is 17.8 Å². The number of rotatable bonds is 7. The van der Waals surface area contributed by atoms with E-state index in [2.05, 4.69) is 29.5 Å². The van der Waals surface area contributed by atoms with Gasteiger partial charge in [-0.25, -0.2) is 9.18 Å². The van der Waals surface area contributed by atoms with Crippen molar-refractivity contribution in [1.29, 1.82) is 0 Å². The number of pyridine rings is 1. The molecule has 0 saturated carbocycles. The number of benzene rings is 1. The Morgan fingerprint density at radius 2 is 1.83 bits per heavy atom. The molecule has 2 fully saturated rings. The Labute approximate surface area is 204 Å². The number of carbonyl (C=O) groups excluding carboxylic acids is 3. The van der Waals surface area contributed by atoms with Crippen molar-refractivity contribution in [3.63, 3.8) is 0 Å². The molecule has 2 saturated heterocycles. The zero-order chi connectivity index (χ0) is 24.9. The van der Waals surface area contributed by atoms with Gasteiger partial charge in [0.2, 0.25) is 11.8 Å². The maximum atomic E-state index is 14.4. The summed E-state index contributed by atoms with van der Waals surface area (Å²) < 4.78 is 14.4. The zero-order valence-corrected chi connectivity index (χ0v) is 20.1. The highest BCUT2D eigenvalue weighted by Crippen LogP contribution is 2.25.